The van der Waals surface area contributed by atoms with E-state index in [9.17, 15) is 0 Å². The van der Waals surface area contributed by atoms with Gasteiger partial charge in [-0.2, -0.15) is 16.9 Å². The molecule has 0 amide bonds. The molecule has 5 heteroatoms. The lowest BCUT2D eigenvalue weighted by atomic mass is 9.85. The minimum atomic E-state index is 0.673. The highest BCUT2D eigenvalue weighted by Crippen LogP contribution is 2.36. The maximum absolute atomic E-state index is 5.70. The summed E-state index contributed by atoms with van der Waals surface area (Å²) in [6, 6.07) is 0.696. The smallest absolute Gasteiger partial charge is 0.0700 e. The van der Waals surface area contributed by atoms with Gasteiger partial charge in [-0.15, -0.1) is 0 Å². The minimum Gasteiger partial charge on any atom is -0.380 e. The first-order chi connectivity index (χ1) is 11.3. The van der Waals surface area contributed by atoms with Crippen molar-refractivity contribution in [2.75, 3.05) is 25.5 Å². The Balaban J connectivity index is 1.51. The molecule has 0 spiro atoms. The molecule has 1 aliphatic carbocycles. The maximum atomic E-state index is 5.70. The fraction of sp³-hybridized carbons (Fsp3) is 0.833. The topological polar surface area (TPSA) is 30.3 Å². The van der Waals surface area contributed by atoms with E-state index in [0.29, 0.717) is 17.2 Å². The number of thioether (sulfide) groups is 1. The lowest BCUT2D eigenvalue weighted by molar-refractivity contribution is 0.0350. The van der Waals surface area contributed by atoms with Gasteiger partial charge in [0.1, 0.15) is 0 Å². The number of nitrogens with zero attached hydrogens (tertiary/aromatic N) is 3. The SMILES string of the molecule is Cn1cc(CN2CCS[C@H]3COCC[C@@H]32)c(C2CCCCC2)n1. The highest BCUT2D eigenvalue weighted by molar-refractivity contribution is 8.00. The molecule has 0 N–H and O–H groups in total. The molecule has 4 nitrogen and oxygen atoms in total. The molecule has 0 radical (unpaired) electrons. The fourth-order valence-electron chi connectivity index (χ4n) is 4.58. The van der Waals surface area contributed by atoms with Crippen LogP contribution in [0.5, 0.6) is 0 Å². The Kier molecular flexibility index (Phi) is 4.97. The van der Waals surface area contributed by atoms with Crippen LogP contribution in [-0.2, 0) is 18.3 Å². The lowest BCUT2D eigenvalue weighted by Gasteiger charge is -2.43. The summed E-state index contributed by atoms with van der Waals surface area (Å²) in [5.41, 5.74) is 2.88. The van der Waals surface area contributed by atoms with Crippen molar-refractivity contribution in [3.05, 3.63) is 17.5 Å². The van der Waals surface area contributed by atoms with Gasteiger partial charge < -0.3 is 4.74 Å². The summed E-state index contributed by atoms with van der Waals surface area (Å²) in [7, 11) is 2.08. The molecule has 0 aromatic carbocycles. The zero-order valence-corrected chi connectivity index (χ0v) is 15.1. The Bertz CT molecular complexity index is 524. The molecule has 0 bridgehead atoms. The molecular formula is C18H29N3OS. The average molecular weight is 336 g/mol. The normalized spacial score (nSPS) is 30.3. The van der Waals surface area contributed by atoms with Gasteiger partial charge in [0.05, 0.1) is 12.3 Å². The summed E-state index contributed by atoms with van der Waals surface area (Å²) in [4.78, 5) is 2.72. The van der Waals surface area contributed by atoms with Crippen LogP contribution in [0.2, 0.25) is 0 Å². The number of ether oxygens (including phenoxy) is 1. The molecule has 3 aliphatic rings. The molecular weight excluding hydrogens is 306 g/mol. The monoisotopic (exact) mass is 335 g/mol. The number of hydrogen-bond donors (Lipinski definition) is 0. The van der Waals surface area contributed by atoms with E-state index in [0.717, 1.165) is 19.8 Å². The first-order valence-electron chi connectivity index (χ1n) is 9.27. The van der Waals surface area contributed by atoms with E-state index in [1.54, 1.807) is 0 Å². The van der Waals surface area contributed by atoms with Crippen molar-refractivity contribution in [1.29, 1.82) is 0 Å². The molecule has 2 aliphatic heterocycles. The van der Waals surface area contributed by atoms with Crippen LogP contribution in [0.25, 0.3) is 0 Å². The number of fused-ring (bicyclic) bond motifs is 1. The highest BCUT2D eigenvalue weighted by Gasteiger charge is 2.35. The van der Waals surface area contributed by atoms with E-state index >= 15 is 0 Å². The number of aromatic nitrogens is 2. The molecule has 128 valence electrons. The van der Waals surface area contributed by atoms with Gasteiger partial charge in [0, 0.05) is 61.5 Å². The van der Waals surface area contributed by atoms with Crippen LogP contribution in [-0.4, -0.2) is 51.5 Å². The molecule has 1 aromatic heterocycles. The van der Waals surface area contributed by atoms with E-state index in [1.807, 2.05) is 4.68 Å². The van der Waals surface area contributed by atoms with E-state index < -0.39 is 0 Å². The summed E-state index contributed by atoms with van der Waals surface area (Å²) in [5.74, 6) is 1.94. The van der Waals surface area contributed by atoms with Crippen LogP contribution < -0.4 is 0 Å². The molecule has 1 saturated carbocycles. The molecule has 4 rings (SSSR count). The van der Waals surface area contributed by atoms with Crippen LogP contribution in [0.4, 0.5) is 0 Å². The quantitative estimate of drug-likeness (QED) is 0.849. The summed E-state index contributed by atoms with van der Waals surface area (Å²) < 4.78 is 7.74. The van der Waals surface area contributed by atoms with Gasteiger partial charge in [0.15, 0.2) is 0 Å². The molecule has 1 aromatic rings. The third-order valence-electron chi connectivity index (χ3n) is 5.75. The third kappa shape index (κ3) is 3.47. The minimum absolute atomic E-state index is 0.673. The second kappa shape index (κ2) is 7.16. The summed E-state index contributed by atoms with van der Waals surface area (Å²) in [6.45, 7) is 4.17. The van der Waals surface area contributed by atoms with Gasteiger partial charge in [-0.05, 0) is 19.3 Å². The highest BCUT2D eigenvalue weighted by atomic mass is 32.2. The molecule has 23 heavy (non-hydrogen) atoms. The van der Waals surface area contributed by atoms with Crippen molar-refractivity contribution in [2.45, 2.75) is 62.3 Å². The van der Waals surface area contributed by atoms with E-state index in [-0.39, 0.29) is 0 Å². The Morgan fingerprint density at radius 2 is 2.13 bits per heavy atom. The van der Waals surface area contributed by atoms with Gasteiger partial charge in [0.2, 0.25) is 0 Å². The average Bonchev–Trinajstić information content (AvgIpc) is 2.96. The first kappa shape index (κ1) is 16.0. The third-order valence-corrected chi connectivity index (χ3v) is 7.05. The molecule has 3 fully saturated rings. The van der Waals surface area contributed by atoms with Crippen LogP contribution in [0.1, 0.15) is 55.7 Å². The van der Waals surface area contributed by atoms with Crippen molar-refractivity contribution >= 4 is 11.8 Å². The second-order valence-corrected chi connectivity index (χ2v) is 8.71. The summed E-state index contributed by atoms with van der Waals surface area (Å²) in [5, 5.41) is 5.54. The molecule has 2 saturated heterocycles. The van der Waals surface area contributed by atoms with E-state index in [1.165, 1.54) is 62.1 Å². The molecule has 3 heterocycles. The zero-order valence-electron chi connectivity index (χ0n) is 14.2. The maximum Gasteiger partial charge on any atom is 0.0700 e. The van der Waals surface area contributed by atoms with Crippen molar-refractivity contribution in [2.24, 2.45) is 7.05 Å². The first-order valence-corrected chi connectivity index (χ1v) is 10.3. The molecule has 2 atom stereocenters. The van der Waals surface area contributed by atoms with Gasteiger partial charge in [0.25, 0.3) is 0 Å². The predicted molar refractivity (Wildman–Crippen MR) is 94.9 cm³/mol. The number of aryl methyl sites for hydroxylation is 1. The summed E-state index contributed by atoms with van der Waals surface area (Å²) >= 11 is 2.11. The van der Waals surface area contributed by atoms with Crippen molar-refractivity contribution in [1.82, 2.24) is 14.7 Å². The van der Waals surface area contributed by atoms with Crippen molar-refractivity contribution < 1.29 is 4.74 Å². The Hall–Kier alpha value is -0.520. The van der Waals surface area contributed by atoms with Crippen molar-refractivity contribution in [3.8, 4) is 0 Å². The predicted octanol–water partition coefficient (Wildman–Crippen LogP) is 3.17. The van der Waals surface area contributed by atoms with Crippen LogP contribution in [0, 0.1) is 0 Å². The van der Waals surface area contributed by atoms with Crippen LogP contribution >= 0.6 is 11.8 Å². The lowest BCUT2D eigenvalue weighted by Crippen LogP contribution is -2.51. The largest absolute Gasteiger partial charge is 0.380 e. The van der Waals surface area contributed by atoms with Crippen LogP contribution in [0.3, 0.4) is 0 Å². The number of rotatable bonds is 3. The molecule has 0 unspecified atom stereocenters. The summed E-state index contributed by atoms with van der Waals surface area (Å²) in [6.07, 6.45) is 10.3. The van der Waals surface area contributed by atoms with Crippen LogP contribution in [0.15, 0.2) is 6.20 Å². The van der Waals surface area contributed by atoms with Gasteiger partial charge >= 0.3 is 0 Å². The Labute approximate surface area is 143 Å². The van der Waals surface area contributed by atoms with E-state index in [4.69, 9.17) is 9.84 Å². The van der Waals surface area contributed by atoms with Crippen molar-refractivity contribution in [3.63, 3.8) is 0 Å². The van der Waals surface area contributed by atoms with Gasteiger partial charge in [-0.25, -0.2) is 0 Å². The second-order valence-electron chi connectivity index (χ2n) is 7.36. The Morgan fingerprint density at radius 3 is 3.00 bits per heavy atom. The van der Waals surface area contributed by atoms with Gasteiger partial charge in [-0.1, -0.05) is 19.3 Å². The zero-order chi connectivity index (χ0) is 15.6. The number of hydrogen-bond acceptors (Lipinski definition) is 4. The Morgan fingerprint density at radius 1 is 1.26 bits per heavy atom. The fourth-order valence-corrected chi connectivity index (χ4v) is 5.94. The van der Waals surface area contributed by atoms with E-state index in [2.05, 4.69) is 29.9 Å². The van der Waals surface area contributed by atoms with Gasteiger partial charge in [-0.3, -0.25) is 9.58 Å². The standard InChI is InChI=1S/C18H29N3OS/c1-20-11-15(18(19-20)14-5-3-2-4-6-14)12-21-8-10-23-17-13-22-9-7-16(17)21/h11,14,16-17H,2-10,12-13H2,1H3/t16-,17-/m0/s1.